The average molecular weight is 232 g/mol. The Labute approximate surface area is 97.8 Å². The summed E-state index contributed by atoms with van der Waals surface area (Å²) in [6.07, 6.45) is 2.54. The normalized spacial score (nSPS) is 42.5. The maximum Gasteiger partial charge on any atom is 0.323 e. The Bertz CT molecular complexity index is 450. The van der Waals surface area contributed by atoms with Crippen molar-refractivity contribution in [3.8, 4) is 0 Å². The molecule has 0 unspecified atom stereocenters. The second kappa shape index (κ2) is 3.44. The monoisotopic (exact) mass is 232 g/mol. The van der Waals surface area contributed by atoms with Gasteiger partial charge >= 0.3 is 6.21 Å². The fourth-order valence-electron chi connectivity index (χ4n) is 3.92. The summed E-state index contributed by atoms with van der Waals surface area (Å²) in [5.74, 6) is -1.36. The molecule has 0 aromatic carbocycles. The number of hydrogen-bond donors (Lipinski definition) is 0. The largest absolute Gasteiger partial charge is 0.361 e. The summed E-state index contributed by atoms with van der Waals surface area (Å²) < 4.78 is 0. The lowest BCUT2D eigenvalue weighted by Crippen LogP contribution is -2.58. The molecule has 4 atom stereocenters. The highest BCUT2D eigenvalue weighted by atomic mass is 16.1. The quantitative estimate of drug-likeness (QED) is 0.389. The second-order valence-corrected chi connectivity index (χ2v) is 5.29. The molecule has 0 heterocycles. The number of carbonyl (C=O) groups is 3. The Morgan fingerprint density at radius 3 is 2.12 bits per heavy atom. The zero-order chi connectivity index (χ0) is 12.2. The van der Waals surface area contributed by atoms with E-state index < -0.39 is 5.92 Å². The maximum atomic E-state index is 12.0. The van der Waals surface area contributed by atoms with Crippen LogP contribution >= 0.6 is 0 Å². The molecule has 0 aliphatic heterocycles. The van der Waals surface area contributed by atoms with Crippen LogP contribution in [0.2, 0.25) is 0 Å². The molecule has 5 nitrogen and oxygen atoms in total. The molecular formula is C12H12N2O3. The topological polar surface area (TPSA) is 87.6 Å². The van der Waals surface area contributed by atoms with E-state index in [9.17, 15) is 14.4 Å². The maximum absolute atomic E-state index is 12.0. The molecule has 4 fully saturated rings. The summed E-state index contributed by atoms with van der Waals surface area (Å²) in [5, 5.41) is 0. The van der Waals surface area contributed by atoms with Gasteiger partial charge in [-0.05, 0) is 19.3 Å². The van der Waals surface area contributed by atoms with Crippen molar-refractivity contribution >= 4 is 23.6 Å². The molecule has 5 heteroatoms. The van der Waals surface area contributed by atoms with Gasteiger partial charge in [-0.25, -0.2) is 0 Å². The van der Waals surface area contributed by atoms with Crippen LogP contribution in [0.5, 0.6) is 0 Å². The van der Waals surface area contributed by atoms with E-state index in [4.69, 9.17) is 5.53 Å². The van der Waals surface area contributed by atoms with Gasteiger partial charge in [0.15, 0.2) is 0 Å². The minimum absolute atomic E-state index is 0.0171. The molecule has 88 valence electrons. The van der Waals surface area contributed by atoms with Crippen LogP contribution in [0.3, 0.4) is 0 Å². The lowest BCUT2D eigenvalue weighted by molar-refractivity contribution is -0.161. The third kappa shape index (κ3) is 1.29. The number of hydrogen-bond acceptors (Lipinski definition) is 3. The molecule has 4 saturated carbocycles. The standard InChI is InChI=1S/C12H12N2O3/c13-14-4-9(15)10-7-2-5-1-6(12(7)17)3-8(10)11(5)16/h4-8,10H,1-3H2/t5-,6-,7+,8+/m0/s1. The van der Waals surface area contributed by atoms with Crippen molar-refractivity contribution in [2.24, 2.45) is 29.6 Å². The highest BCUT2D eigenvalue weighted by Crippen LogP contribution is 2.53. The van der Waals surface area contributed by atoms with Crippen LogP contribution in [0, 0.1) is 29.6 Å². The predicted molar refractivity (Wildman–Crippen MR) is 56.0 cm³/mol. The Kier molecular flexibility index (Phi) is 2.13. The van der Waals surface area contributed by atoms with Crippen molar-refractivity contribution in [1.82, 2.24) is 0 Å². The van der Waals surface area contributed by atoms with Crippen molar-refractivity contribution < 1.29 is 19.2 Å². The molecule has 0 amide bonds. The van der Waals surface area contributed by atoms with E-state index >= 15 is 0 Å². The molecule has 4 aliphatic rings. The summed E-state index contributed by atoms with van der Waals surface area (Å²) in [5.41, 5.74) is 8.40. The van der Waals surface area contributed by atoms with Crippen LogP contribution in [0.1, 0.15) is 19.3 Å². The van der Waals surface area contributed by atoms with Crippen molar-refractivity contribution in [1.29, 1.82) is 0 Å². The van der Waals surface area contributed by atoms with Gasteiger partial charge in [0.05, 0.1) is 0 Å². The van der Waals surface area contributed by atoms with Crippen LogP contribution in [0.15, 0.2) is 0 Å². The van der Waals surface area contributed by atoms with Gasteiger partial charge in [0, 0.05) is 29.6 Å². The number of Topliss-reactive ketones (excluding diaryl/α,β-unsaturated/α-hetero) is 3. The van der Waals surface area contributed by atoms with Crippen LogP contribution in [0.25, 0.3) is 5.53 Å². The van der Waals surface area contributed by atoms with Crippen molar-refractivity contribution in [2.45, 2.75) is 19.3 Å². The van der Waals surface area contributed by atoms with E-state index in [1.165, 1.54) is 0 Å². The molecule has 0 aromatic heterocycles. The summed E-state index contributed by atoms with van der Waals surface area (Å²) in [6, 6.07) is 0. The molecule has 4 bridgehead atoms. The smallest absolute Gasteiger partial charge is 0.323 e. The van der Waals surface area contributed by atoms with Crippen LogP contribution in [-0.4, -0.2) is 28.4 Å². The molecular weight excluding hydrogens is 220 g/mol. The third-order valence-electron chi connectivity index (χ3n) is 4.56. The van der Waals surface area contributed by atoms with E-state index in [1.807, 2.05) is 0 Å². The first-order valence-electron chi connectivity index (χ1n) is 5.92. The van der Waals surface area contributed by atoms with Crippen molar-refractivity contribution in [3.63, 3.8) is 0 Å². The SMILES string of the molecule is [N-]=[N+]=CC(=O)C1[C@H]2C[C@@H]3C[C@@H](C[C@H]1C3=O)C2=O. The molecule has 0 aromatic rings. The summed E-state index contributed by atoms with van der Waals surface area (Å²) in [6.45, 7) is 0. The average Bonchev–Trinajstić information content (AvgIpc) is 2.27. The summed E-state index contributed by atoms with van der Waals surface area (Å²) in [7, 11) is 0. The van der Waals surface area contributed by atoms with Gasteiger partial charge in [0.25, 0.3) is 0 Å². The third-order valence-corrected chi connectivity index (χ3v) is 4.56. The molecule has 0 N–H and O–H groups in total. The molecule has 0 saturated heterocycles. The van der Waals surface area contributed by atoms with Crippen LogP contribution in [-0.2, 0) is 14.4 Å². The highest BCUT2D eigenvalue weighted by Gasteiger charge is 2.59. The van der Waals surface area contributed by atoms with E-state index in [-0.39, 0.29) is 41.0 Å². The number of rotatable bonds is 2. The molecule has 0 spiro atoms. The fourth-order valence-corrected chi connectivity index (χ4v) is 3.92. The first-order chi connectivity index (χ1) is 8.13. The lowest BCUT2D eigenvalue weighted by atomic mass is 9.50. The van der Waals surface area contributed by atoms with Crippen molar-refractivity contribution in [2.75, 3.05) is 0 Å². The predicted octanol–water partition coefficient (Wildman–Crippen LogP) is 0.286. The molecule has 17 heavy (non-hydrogen) atoms. The Hall–Kier alpha value is -1.61. The van der Waals surface area contributed by atoms with E-state index in [0.717, 1.165) is 6.21 Å². The zero-order valence-electron chi connectivity index (χ0n) is 9.20. The second-order valence-electron chi connectivity index (χ2n) is 5.29. The summed E-state index contributed by atoms with van der Waals surface area (Å²) in [4.78, 5) is 38.6. The minimum atomic E-state index is -0.571. The minimum Gasteiger partial charge on any atom is -0.361 e. The number of nitrogens with zero attached hydrogens (tertiary/aromatic N) is 2. The van der Waals surface area contributed by atoms with Gasteiger partial charge in [0.1, 0.15) is 11.6 Å². The van der Waals surface area contributed by atoms with Crippen molar-refractivity contribution in [3.05, 3.63) is 5.53 Å². The summed E-state index contributed by atoms with van der Waals surface area (Å²) >= 11 is 0. The zero-order valence-corrected chi connectivity index (χ0v) is 9.20. The van der Waals surface area contributed by atoms with Crippen LogP contribution in [0.4, 0.5) is 0 Å². The van der Waals surface area contributed by atoms with Gasteiger partial charge in [-0.15, -0.1) is 0 Å². The van der Waals surface area contributed by atoms with E-state index in [2.05, 4.69) is 4.79 Å². The Morgan fingerprint density at radius 2 is 1.65 bits per heavy atom. The van der Waals surface area contributed by atoms with Gasteiger partial charge in [-0.3, -0.25) is 14.4 Å². The molecule has 4 rings (SSSR count). The first kappa shape index (κ1) is 10.5. The van der Waals surface area contributed by atoms with Gasteiger partial charge in [0.2, 0.25) is 5.78 Å². The molecule has 0 radical (unpaired) electrons. The lowest BCUT2D eigenvalue weighted by Gasteiger charge is -2.50. The molecule has 4 aliphatic carbocycles. The van der Waals surface area contributed by atoms with E-state index in [0.29, 0.717) is 19.3 Å². The Morgan fingerprint density at radius 1 is 1.12 bits per heavy atom. The van der Waals surface area contributed by atoms with Gasteiger partial charge in [-0.2, -0.15) is 4.79 Å². The Balaban J connectivity index is 2.00. The highest BCUT2D eigenvalue weighted by molar-refractivity contribution is 6.28. The van der Waals surface area contributed by atoms with Gasteiger partial charge < -0.3 is 5.53 Å². The van der Waals surface area contributed by atoms with Gasteiger partial charge in [-0.1, -0.05) is 0 Å². The number of ketones is 3. The first-order valence-corrected chi connectivity index (χ1v) is 5.92. The van der Waals surface area contributed by atoms with Crippen LogP contribution < -0.4 is 0 Å². The number of carbonyl (C=O) groups excluding carboxylic acids is 3. The van der Waals surface area contributed by atoms with E-state index in [1.54, 1.807) is 0 Å². The fraction of sp³-hybridized carbons (Fsp3) is 0.667.